The molecule has 194 valence electrons. The lowest BCUT2D eigenvalue weighted by atomic mass is 9.79. The number of carboxylic acid groups (broad SMARTS) is 1. The number of anilines is 2. The van der Waals surface area contributed by atoms with Gasteiger partial charge >= 0.3 is 5.97 Å². The van der Waals surface area contributed by atoms with Gasteiger partial charge in [0.25, 0.3) is 0 Å². The topological polar surface area (TPSA) is 81.0 Å². The van der Waals surface area contributed by atoms with Gasteiger partial charge in [0.2, 0.25) is 0 Å². The first kappa shape index (κ1) is 28.3. The van der Waals surface area contributed by atoms with Crippen molar-refractivity contribution in [2.24, 2.45) is 5.41 Å². The van der Waals surface area contributed by atoms with Crippen LogP contribution >= 0.6 is 34.1 Å². The first-order chi connectivity index (χ1) is 16.7. The van der Waals surface area contributed by atoms with Crippen molar-refractivity contribution < 1.29 is 19.0 Å². The standard InChI is InChI=1S/C27H39NO4S3/c1-4-6-13-27(14-7-5-2)19-28(22-11-9-8-10-12-22)23-16-24(33-3)21(17-34-18-26(29)30)15-25(23)35(31,32)20-27/h8-12,15-16,31-32H,4-7,13-14,17-20H2,1-3H3,(H,29,30). The number of fused-ring (bicyclic) bond motifs is 1. The van der Waals surface area contributed by atoms with E-state index in [2.05, 4.69) is 36.9 Å². The van der Waals surface area contributed by atoms with Gasteiger partial charge in [-0.05, 0) is 48.9 Å². The van der Waals surface area contributed by atoms with Crippen molar-refractivity contribution in [3.05, 3.63) is 48.0 Å². The first-order valence-corrected chi connectivity index (χ1v) is 16.4. The summed E-state index contributed by atoms with van der Waals surface area (Å²) in [7, 11) is -3.05. The van der Waals surface area contributed by atoms with Crippen molar-refractivity contribution in [1.29, 1.82) is 0 Å². The van der Waals surface area contributed by atoms with Crippen molar-refractivity contribution in [2.45, 2.75) is 67.9 Å². The predicted octanol–water partition coefficient (Wildman–Crippen LogP) is 8.35. The minimum absolute atomic E-state index is 0.0223. The summed E-state index contributed by atoms with van der Waals surface area (Å²) in [6.45, 7) is 5.14. The molecule has 0 atom stereocenters. The lowest BCUT2D eigenvalue weighted by Gasteiger charge is -2.42. The van der Waals surface area contributed by atoms with E-state index in [1.165, 1.54) is 11.8 Å². The van der Waals surface area contributed by atoms with Crippen molar-refractivity contribution >= 4 is 51.5 Å². The number of benzene rings is 2. The molecule has 8 heteroatoms. The third-order valence-corrected chi connectivity index (χ3v) is 10.5. The van der Waals surface area contributed by atoms with E-state index in [1.54, 1.807) is 11.8 Å². The molecule has 3 rings (SSSR count). The summed E-state index contributed by atoms with van der Waals surface area (Å²) >= 11 is 2.96. The van der Waals surface area contributed by atoms with Crippen molar-refractivity contribution in [2.75, 3.05) is 29.2 Å². The lowest BCUT2D eigenvalue weighted by Crippen LogP contribution is -2.37. The SMILES string of the molecule is CCCCC1(CCCC)CN(c2ccccc2)c2cc(SC)c(CSCC(=O)O)cc2S(O)(O)C1. The molecule has 0 unspecified atom stereocenters. The van der Waals surface area contributed by atoms with Crippen LogP contribution in [-0.2, 0) is 10.5 Å². The van der Waals surface area contributed by atoms with Crippen LogP contribution in [0.2, 0.25) is 0 Å². The molecule has 5 nitrogen and oxygen atoms in total. The number of nitrogens with zero attached hydrogens (tertiary/aromatic N) is 1. The highest BCUT2D eigenvalue weighted by molar-refractivity contribution is 8.24. The van der Waals surface area contributed by atoms with Crippen LogP contribution in [0.25, 0.3) is 0 Å². The van der Waals surface area contributed by atoms with Gasteiger partial charge in [0.1, 0.15) is 0 Å². The molecule has 0 bridgehead atoms. The van der Waals surface area contributed by atoms with Crippen LogP contribution in [0.3, 0.4) is 0 Å². The Morgan fingerprint density at radius 2 is 1.74 bits per heavy atom. The van der Waals surface area contributed by atoms with E-state index < -0.39 is 16.6 Å². The van der Waals surface area contributed by atoms with Gasteiger partial charge in [-0.3, -0.25) is 13.9 Å². The second-order valence-corrected chi connectivity index (χ2v) is 13.4. The molecule has 0 aliphatic carbocycles. The maximum atomic E-state index is 11.7. The number of hydrogen-bond acceptors (Lipinski definition) is 6. The quantitative estimate of drug-likeness (QED) is 0.235. The summed E-state index contributed by atoms with van der Waals surface area (Å²) in [4.78, 5) is 15.0. The van der Waals surface area contributed by atoms with Crippen molar-refractivity contribution in [3.8, 4) is 0 Å². The van der Waals surface area contributed by atoms with Crippen LogP contribution in [0.15, 0.2) is 52.3 Å². The van der Waals surface area contributed by atoms with Gasteiger partial charge < -0.3 is 10.0 Å². The largest absolute Gasteiger partial charge is 0.481 e. The molecule has 0 aromatic heterocycles. The summed E-state index contributed by atoms with van der Waals surface area (Å²) in [5, 5.41) is 9.08. The number of carbonyl (C=O) groups is 1. The van der Waals surface area contributed by atoms with Crippen LogP contribution in [0, 0.1) is 5.41 Å². The molecule has 3 N–H and O–H groups in total. The zero-order valence-electron chi connectivity index (χ0n) is 21.0. The predicted molar refractivity (Wildman–Crippen MR) is 153 cm³/mol. The van der Waals surface area contributed by atoms with Crippen LogP contribution in [-0.4, -0.2) is 44.5 Å². The maximum Gasteiger partial charge on any atom is 0.313 e. The average molecular weight is 538 g/mol. The molecule has 0 radical (unpaired) electrons. The number of unbranched alkanes of at least 4 members (excludes halogenated alkanes) is 2. The molecule has 0 spiro atoms. The Morgan fingerprint density at radius 1 is 1.09 bits per heavy atom. The van der Waals surface area contributed by atoms with Gasteiger partial charge in [0.15, 0.2) is 0 Å². The number of hydrogen-bond donors (Lipinski definition) is 3. The molecule has 0 saturated heterocycles. The van der Waals surface area contributed by atoms with Gasteiger partial charge in [-0.1, -0.05) is 57.7 Å². The van der Waals surface area contributed by atoms with Crippen molar-refractivity contribution in [3.63, 3.8) is 0 Å². The Labute approximate surface area is 220 Å². The van der Waals surface area contributed by atoms with E-state index in [0.717, 1.165) is 66.9 Å². The second-order valence-electron chi connectivity index (χ2n) is 9.46. The van der Waals surface area contributed by atoms with Gasteiger partial charge in [0, 0.05) is 34.0 Å². The van der Waals surface area contributed by atoms with Crippen LogP contribution < -0.4 is 4.90 Å². The third-order valence-electron chi connectivity index (χ3n) is 6.68. The number of thioether (sulfide) groups is 2. The van der Waals surface area contributed by atoms with Crippen LogP contribution in [0.5, 0.6) is 0 Å². The monoisotopic (exact) mass is 537 g/mol. The lowest BCUT2D eigenvalue weighted by molar-refractivity contribution is -0.133. The first-order valence-electron chi connectivity index (χ1n) is 12.3. The fraction of sp³-hybridized carbons (Fsp3) is 0.519. The molecular formula is C27H39NO4S3. The Balaban J connectivity index is 2.16. The minimum atomic E-state index is -3.05. The normalized spacial score (nSPS) is 17.5. The van der Waals surface area contributed by atoms with Crippen molar-refractivity contribution in [1.82, 2.24) is 0 Å². The molecule has 1 aliphatic rings. The summed E-state index contributed by atoms with van der Waals surface area (Å²) in [6.07, 6.45) is 8.22. The van der Waals surface area contributed by atoms with E-state index in [-0.39, 0.29) is 11.2 Å². The second kappa shape index (κ2) is 12.8. The summed E-state index contributed by atoms with van der Waals surface area (Å²) in [5.74, 6) is 0.0741. The highest BCUT2D eigenvalue weighted by Crippen LogP contribution is 2.61. The highest BCUT2D eigenvalue weighted by atomic mass is 32.3. The molecule has 2 aromatic rings. The summed E-state index contributed by atoms with van der Waals surface area (Å²) in [5.41, 5.74) is 2.69. The molecule has 0 saturated carbocycles. The Morgan fingerprint density at radius 3 is 2.31 bits per heavy atom. The molecule has 0 amide bonds. The van der Waals surface area contributed by atoms with Gasteiger partial charge in [-0.15, -0.1) is 23.5 Å². The summed E-state index contributed by atoms with van der Waals surface area (Å²) < 4.78 is 23.4. The average Bonchev–Trinajstić information content (AvgIpc) is 2.93. The molecular weight excluding hydrogens is 499 g/mol. The number of aliphatic carboxylic acids is 1. The van der Waals surface area contributed by atoms with E-state index >= 15 is 0 Å². The minimum Gasteiger partial charge on any atom is -0.481 e. The van der Waals surface area contributed by atoms with Crippen LogP contribution in [0.4, 0.5) is 11.4 Å². The number of carboxylic acids is 1. The smallest absolute Gasteiger partial charge is 0.313 e. The fourth-order valence-electron chi connectivity index (χ4n) is 4.96. The fourth-order valence-corrected chi connectivity index (χ4v) is 8.63. The third kappa shape index (κ3) is 7.13. The van der Waals surface area contributed by atoms with Gasteiger partial charge in [0.05, 0.1) is 16.3 Å². The number of rotatable bonds is 12. The molecule has 2 aromatic carbocycles. The molecule has 0 fully saturated rings. The van der Waals surface area contributed by atoms with E-state index in [0.29, 0.717) is 16.4 Å². The Kier molecular flexibility index (Phi) is 10.3. The molecule has 1 heterocycles. The Bertz CT molecular complexity index is 976. The van der Waals surface area contributed by atoms with Gasteiger partial charge in [-0.2, -0.15) is 10.6 Å². The van der Waals surface area contributed by atoms with E-state index in [9.17, 15) is 13.9 Å². The van der Waals surface area contributed by atoms with E-state index in [4.69, 9.17) is 5.11 Å². The number of para-hydroxylation sites is 1. The van der Waals surface area contributed by atoms with Gasteiger partial charge in [-0.25, -0.2) is 0 Å². The molecule has 1 aliphatic heterocycles. The summed E-state index contributed by atoms with van der Waals surface area (Å²) in [6, 6.07) is 14.3. The molecule has 35 heavy (non-hydrogen) atoms. The maximum absolute atomic E-state index is 11.7. The highest BCUT2D eigenvalue weighted by Gasteiger charge is 2.42. The van der Waals surface area contributed by atoms with E-state index in [1.807, 2.05) is 30.5 Å². The zero-order valence-corrected chi connectivity index (χ0v) is 23.5. The van der Waals surface area contributed by atoms with Crippen LogP contribution in [0.1, 0.15) is 57.9 Å². The zero-order chi connectivity index (χ0) is 25.5. The Hall–Kier alpha value is -1.32.